The Morgan fingerprint density at radius 2 is 1.67 bits per heavy atom. The number of benzene rings is 1. The van der Waals surface area contributed by atoms with Crippen molar-refractivity contribution in [2.75, 3.05) is 19.8 Å². The minimum Gasteiger partial charge on any atom is -0.493 e. The summed E-state index contributed by atoms with van der Waals surface area (Å²) in [6, 6.07) is 8.25. The Morgan fingerprint density at radius 3 is 2.33 bits per heavy atom. The van der Waals surface area contributed by atoms with E-state index in [1.54, 1.807) is 0 Å². The lowest BCUT2D eigenvalue weighted by Gasteiger charge is -2.15. The van der Waals surface area contributed by atoms with Crippen molar-refractivity contribution >= 4 is 0 Å². The molecule has 1 aromatic rings. The Bertz CT molecular complexity index is 260. The smallest absolute Gasteiger partial charge is 0.122 e. The fourth-order valence-corrected chi connectivity index (χ4v) is 1.81. The quantitative estimate of drug-likeness (QED) is 0.650. The maximum absolute atomic E-state index is 5.42. The minimum absolute atomic E-state index is 0.886. The molecule has 2 nitrogen and oxygen atoms in total. The summed E-state index contributed by atoms with van der Waals surface area (Å²) < 4.78 is 10.4. The summed E-state index contributed by atoms with van der Waals surface area (Å²) in [4.78, 5) is 0. The monoisotopic (exact) mass is 206 g/mol. The summed E-state index contributed by atoms with van der Waals surface area (Å²) >= 11 is 0. The number of aryl methyl sites for hydroxylation is 1. The normalized spacial score (nSPS) is 18.4. The van der Waals surface area contributed by atoms with E-state index < -0.39 is 0 Å². The van der Waals surface area contributed by atoms with E-state index in [4.69, 9.17) is 9.47 Å². The molecule has 0 spiro atoms. The molecule has 1 aromatic carbocycles. The van der Waals surface area contributed by atoms with Crippen molar-refractivity contribution in [3.05, 3.63) is 29.8 Å². The van der Waals surface area contributed by atoms with Gasteiger partial charge in [-0.15, -0.1) is 0 Å². The van der Waals surface area contributed by atoms with Gasteiger partial charge in [-0.25, -0.2) is 0 Å². The highest BCUT2D eigenvalue weighted by Gasteiger charge is 2.06. The molecule has 1 fully saturated rings. The van der Waals surface area contributed by atoms with Crippen LogP contribution in [0.15, 0.2) is 24.3 Å². The predicted molar refractivity (Wildman–Crippen MR) is 60.3 cm³/mol. The van der Waals surface area contributed by atoms with Crippen LogP contribution in [-0.2, 0) is 11.2 Å². The summed E-state index contributed by atoms with van der Waals surface area (Å²) in [6.45, 7) is 2.89. The molecule has 0 unspecified atom stereocenters. The molecule has 0 atom stereocenters. The molecule has 0 aromatic heterocycles. The number of rotatable bonds is 0. The van der Waals surface area contributed by atoms with E-state index in [0.717, 1.165) is 32.0 Å². The first-order valence-electron chi connectivity index (χ1n) is 5.75. The third-order valence-electron chi connectivity index (χ3n) is 2.65. The molecule has 0 aliphatic carbocycles. The van der Waals surface area contributed by atoms with E-state index in [1.165, 1.54) is 24.8 Å². The lowest BCUT2D eigenvalue weighted by molar-refractivity contribution is 0.198. The van der Waals surface area contributed by atoms with Crippen LogP contribution in [0.25, 0.3) is 0 Å². The molecule has 0 N–H and O–H groups in total. The average Bonchev–Trinajstić information content (AvgIpc) is 2.88. The molecule has 0 radical (unpaired) electrons. The van der Waals surface area contributed by atoms with Crippen molar-refractivity contribution in [3.63, 3.8) is 0 Å². The molecule has 2 aliphatic rings. The first-order valence-corrected chi connectivity index (χ1v) is 5.75. The van der Waals surface area contributed by atoms with Crippen LogP contribution in [0.4, 0.5) is 0 Å². The number of hydrogen-bond donors (Lipinski definition) is 0. The molecule has 82 valence electrons. The number of hydrogen-bond acceptors (Lipinski definition) is 2. The van der Waals surface area contributed by atoms with Crippen molar-refractivity contribution < 1.29 is 9.47 Å². The Labute approximate surface area is 91.2 Å². The third kappa shape index (κ3) is 3.24. The SMILES string of the molecule is C1CCOC1.c1ccc2c(c1)CCCO2. The maximum Gasteiger partial charge on any atom is 0.122 e. The van der Waals surface area contributed by atoms with Crippen LogP contribution in [0.3, 0.4) is 0 Å². The van der Waals surface area contributed by atoms with E-state index in [2.05, 4.69) is 12.1 Å². The molecule has 2 aliphatic heterocycles. The fourth-order valence-electron chi connectivity index (χ4n) is 1.81. The summed E-state index contributed by atoms with van der Waals surface area (Å²) in [7, 11) is 0. The second-order valence-electron chi connectivity index (χ2n) is 3.88. The summed E-state index contributed by atoms with van der Waals surface area (Å²) in [6.07, 6.45) is 4.90. The van der Waals surface area contributed by atoms with Crippen LogP contribution in [0.2, 0.25) is 0 Å². The Hall–Kier alpha value is -1.02. The summed E-state index contributed by atoms with van der Waals surface area (Å²) in [5, 5.41) is 0. The predicted octanol–water partition coefficient (Wildman–Crippen LogP) is 2.81. The largest absolute Gasteiger partial charge is 0.493 e. The zero-order valence-corrected chi connectivity index (χ0v) is 9.08. The maximum atomic E-state index is 5.42. The van der Waals surface area contributed by atoms with E-state index in [0.29, 0.717) is 0 Å². The zero-order chi connectivity index (χ0) is 10.3. The Kier molecular flexibility index (Phi) is 4.03. The van der Waals surface area contributed by atoms with Crippen molar-refractivity contribution in [2.24, 2.45) is 0 Å². The van der Waals surface area contributed by atoms with Crippen LogP contribution in [0.5, 0.6) is 5.75 Å². The molecule has 2 heteroatoms. The molecule has 3 rings (SSSR count). The second-order valence-corrected chi connectivity index (χ2v) is 3.88. The molecule has 2 heterocycles. The van der Waals surface area contributed by atoms with Gasteiger partial charge in [0, 0.05) is 13.2 Å². The molecular weight excluding hydrogens is 188 g/mol. The number of ether oxygens (including phenoxy) is 2. The third-order valence-corrected chi connectivity index (χ3v) is 2.65. The van der Waals surface area contributed by atoms with Gasteiger partial charge >= 0.3 is 0 Å². The second kappa shape index (κ2) is 5.76. The Morgan fingerprint density at radius 1 is 0.867 bits per heavy atom. The van der Waals surface area contributed by atoms with Crippen LogP contribution in [-0.4, -0.2) is 19.8 Å². The molecule has 0 saturated carbocycles. The molecule has 0 bridgehead atoms. The Balaban J connectivity index is 0.000000144. The van der Waals surface area contributed by atoms with Gasteiger partial charge in [0.15, 0.2) is 0 Å². The van der Waals surface area contributed by atoms with Gasteiger partial charge in [0.2, 0.25) is 0 Å². The lowest BCUT2D eigenvalue weighted by Crippen LogP contribution is -2.07. The van der Waals surface area contributed by atoms with Crippen LogP contribution in [0.1, 0.15) is 24.8 Å². The highest BCUT2D eigenvalue weighted by Crippen LogP contribution is 2.23. The molecule has 0 amide bonds. The van der Waals surface area contributed by atoms with E-state index in [9.17, 15) is 0 Å². The first-order chi connectivity index (χ1) is 7.47. The lowest BCUT2D eigenvalue weighted by atomic mass is 10.1. The van der Waals surface area contributed by atoms with Crippen LogP contribution < -0.4 is 4.74 Å². The van der Waals surface area contributed by atoms with Crippen molar-refractivity contribution in [3.8, 4) is 5.75 Å². The highest BCUT2D eigenvalue weighted by molar-refractivity contribution is 5.34. The minimum atomic E-state index is 0.886. The van der Waals surface area contributed by atoms with E-state index in [-0.39, 0.29) is 0 Å². The fraction of sp³-hybridized carbons (Fsp3) is 0.538. The summed E-state index contributed by atoms with van der Waals surface area (Å²) in [5.41, 5.74) is 1.36. The standard InChI is InChI=1S/C9H10O.C4H8O/c1-2-6-9-8(4-1)5-3-7-10-9;1-2-4-5-3-1/h1-2,4,6H,3,5,7H2;1-4H2. The van der Waals surface area contributed by atoms with Gasteiger partial charge in [-0.3, -0.25) is 0 Å². The van der Waals surface area contributed by atoms with Crippen LogP contribution >= 0.6 is 0 Å². The van der Waals surface area contributed by atoms with Gasteiger partial charge in [0.1, 0.15) is 5.75 Å². The summed E-state index contributed by atoms with van der Waals surface area (Å²) in [5.74, 6) is 1.08. The van der Waals surface area contributed by atoms with Crippen molar-refractivity contribution in [1.82, 2.24) is 0 Å². The topological polar surface area (TPSA) is 18.5 Å². The molecule has 15 heavy (non-hydrogen) atoms. The number of para-hydroxylation sites is 1. The van der Waals surface area contributed by atoms with Crippen molar-refractivity contribution in [1.29, 1.82) is 0 Å². The molecular formula is C13H18O2. The average molecular weight is 206 g/mol. The molecule has 1 saturated heterocycles. The van der Waals surface area contributed by atoms with Gasteiger partial charge in [-0.1, -0.05) is 18.2 Å². The van der Waals surface area contributed by atoms with Gasteiger partial charge in [0.25, 0.3) is 0 Å². The van der Waals surface area contributed by atoms with Gasteiger partial charge < -0.3 is 9.47 Å². The highest BCUT2D eigenvalue weighted by atomic mass is 16.5. The van der Waals surface area contributed by atoms with Gasteiger partial charge in [-0.05, 0) is 37.3 Å². The zero-order valence-electron chi connectivity index (χ0n) is 9.08. The first kappa shape index (κ1) is 10.5. The van der Waals surface area contributed by atoms with Crippen LogP contribution in [0, 0.1) is 0 Å². The number of fused-ring (bicyclic) bond motifs is 1. The van der Waals surface area contributed by atoms with Crippen molar-refractivity contribution in [2.45, 2.75) is 25.7 Å². The van der Waals surface area contributed by atoms with Gasteiger partial charge in [-0.2, -0.15) is 0 Å². The van der Waals surface area contributed by atoms with E-state index >= 15 is 0 Å². The van der Waals surface area contributed by atoms with E-state index in [1.807, 2.05) is 12.1 Å². The van der Waals surface area contributed by atoms with Gasteiger partial charge in [0.05, 0.1) is 6.61 Å².